The van der Waals surface area contributed by atoms with Crippen molar-refractivity contribution in [1.82, 2.24) is 0 Å². The van der Waals surface area contributed by atoms with E-state index < -0.39 is 0 Å². The number of quaternary nitrogens is 1. The predicted octanol–water partition coefficient (Wildman–Crippen LogP) is 0.484. The van der Waals surface area contributed by atoms with Crippen LogP contribution in [0, 0.1) is 5.92 Å². The zero-order valence-corrected chi connectivity index (χ0v) is 10.8. The molecule has 3 fully saturated rings. The van der Waals surface area contributed by atoms with Crippen LogP contribution in [-0.2, 0) is 11.2 Å². The average Bonchev–Trinajstić information content (AvgIpc) is 2.44. The van der Waals surface area contributed by atoms with Crippen molar-refractivity contribution in [3.8, 4) is 5.75 Å². The molecule has 0 saturated carbocycles. The Morgan fingerprint density at radius 3 is 2.67 bits per heavy atom. The number of para-hydroxylation sites is 1. The molecule has 0 spiro atoms. The third kappa shape index (κ3) is 1.93. The number of ketones is 1. The minimum absolute atomic E-state index is 0.161. The van der Waals surface area contributed by atoms with Gasteiger partial charge in [0.2, 0.25) is 0 Å². The van der Waals surface area contributed by atoms with E-state index in [4.69, 9.17) is 4.74 Å². The monoisotopic (exact) mass is 246 g/mol. The number of ether oxygens (including phenoxy) is 1. The molecular formula is C15H20NO2+. The van der Waals surface area contributed by atoms with Crippen LogP contribution in [0.3, 0.4) is 0 Å². The van der Waals surface area contributed by atoms with Crippen LogP contribution in [0.4, 0.5) is 0 Å². The minimum Gasteiger partial charge on any atom is -0.496 e. The summed E-state index contributed by atoms with van der Waals surface area (Å²) in [7, 11) is 1.70. The molecule has 3 saturated heterocycles. The highest BCUT2D eigenvalue weighted by molar-refractivity contribution is 5.86. The van der Waals surface area contributed by atoms with E-state index in [1.807, 2.05) is 18.2 Å². The van der Waals surface area contributed by atoms with E-state index in [-0.39, 0.29) is 6.04 Å². The summed E-state index contributed by atoms with van der Waals surface area (Å²) in [4.78, 5) is 13.8. The molecule has 1 atom stereocenters. The van der Waals surface area contributed by atoms with E-state index in [1.165, 1.54) is 10.5 Å². The lowest BCUT2D eigenvalue weighted by molar-refractivity contribution is -0.927. The first-order valence-corrected chi connectivity index (χ1v) is 6.80. The summed E-state index contributed by atoms with van der Waals surface area (Å²) in [6.45, 7) is 2.33. The molecule has 0 radical (unpaired) electrons. The molecule has 0 unspecified atom stereocenters. The number of fused-ring (bicyclic) bond motifs is 3. The van der Waals surface area contributed by atoms with Gasteiger partial charge in [-0.2, -0.15) is 0 Å². The smallest absolute Gasteiger partial charge is 0.193 e. The van der Waals surface area contributed by atoms with Crippen molar-refractivity contribution in [3.05, 3.63) is 29.8 Å². The van der Waals surface area contributed by atoms with Gasteiger partial charge in [0.05, 0.1) is 20.2 Å². The van der Waals surface area contributed by atoms with Crippen LogP contribution in [0.2, 0.25) is 0 Å². The van der Waals surface area contributed by atoms with Crippen molar-refractivity contribution in [2.24, 2.45) is 5.92 Å². The summed E-state index contributed by atoms with van der Waals surface area (Å²) in [6, 6.07) is 8.22. The Balaban J connectivity index is 1.82. The first-order valence-electron chi connectivity index (χ1n) is 6.80. The Hall–Kier alpha value is -1.35. The number of hydrogen-bond donors (Lipinski definition) is 1. The van der Waals surface area contributed by atoms with Crippen molar-refractivity contribution in [1.29, 1.82) is 0 Å². The lowest BCUT2D eigenvalue weighted by Crippen LogP contribution is -3.20. The maximum Gasteiger partial charge on any atom is 0.193 e. The van der Waals surface area contributed by atoms with Gasteiger partial charge in [-0.05, 0) is 6.07 Å². The third-order valence-electron chi connectivity index (χ3n) is 4.48. The zero-order chi connectivity index (χ0) is 12.5. The number of methoxy groups -OCH3 is 1. The van der Waals surface area contributed by atoms with Crippen LogP contribution < -0.4 is 9.64 Å². The Morgan fingerprint density at radius 2 is 2.00 bits per heavy atom. The molecule has 3 nitrogen and oxygen atoms in total. The molecule has 2 bridgehead atoms. The molecule has 1 N–H and O–H groups in total. The van der Waals surface area contributed by atoms with Crippen molar-refractivity contribution >= 4 is 5.78 Å². The SMILES string of the molecule is COc1ccccc1C[C@H]1C(=O)C2CC[NH+]1CC2. The number of carbonyl (C=O) groups excluding carboxylic acids is 1. The largest absolute Gasteiger partial charge is 0.496 e. The molecule has 96 valence electrons. The van der Waals surface area contributed by atoms with Gasteiger partial charge < -0.3 is 9.64 Å². The first-order chi connectivity index (χ1) is 8.79. The van der Waals surface area contributed by atoms with Gasteiger partial charge >= 0.3 is 0 Å². The topological polar surface area (TPSA) is 30.7 Å². The summed E-state index contributed by atoms with van der Waals surface area (Å²) in [6.07, 6.45) is 3.02. The summed E-state index contributed by atoms with van der Waals surface area (Å²) >= 11 is 0. The van der Waals surface area contributed by atoms with Gasteiger partial charge in [-0.25, -0.2) is 0 Å². The minimum atomic E-state index is 0.161. The Labute approximate surface area is 108 Å². The van der Waals surface area contributed by atoms with E-state index in [1.54, 1.807) is 7.11 Å². The molecule has 3 aliphatic rings. The van der Waals surface area contributed by atoms with Crippen LogP contribution in [0.15, 0.2) is 24.3 Å². The first kappa shape index (κ1) is 11.7. The molecule has 1 aromatic carbocycles. The third-order valence-corrected chi connectivity index (χ3v) is 4.48. The van der Waals surface area contributed by atoms with Gasteiger partial charge in [-0.1, -0.05) is 18.2 Å². The van der Waals surface area contributed by atoms with Crippen molar-refractivity contribution < 1.29 is 14.4 Å². The summed E-state index contributed by atoms with van der Waals surface area (Å²) in [5.74, 6) is 1.72. The molecular weight excluding hydrogens is 226 g/mol. The molecule has 0 aromatic heterocycles. The van der Waals surface area contributed by atoms with Crippen LogP contribution in [0.1, 0.15) is 18.4 Å². The van der Waals surface area contributed by atoms with E-state index in [9.17, 15) is 4.79 Å². The average molecular weight is 246 g/mol. The second kappa shape index (κ2) is 4.73. The molecule has 3 heteroatoms. The summed E-state index contributed by atoms with van der Waals surface area (Å²) in [5.41, 5.74) is 1.17. The second-order valence-corrected chi connectivity index (χ2v) is 5.40. The number of carbonyl (C=O) groups is 1. The molecule has 3 heterocycles. The maximum atomic E-state index is 12.3. The van der Waals surface area contributed by atoms with E-state index in [2.05, 4.69) is 6.07 Å². The second-order valence-electron chi connectivity index (χ2n) is 5.40. The number of Topliss-reactive ketones (excluding diaryl/α,β-unsaturated/α-hetero) is 1. The Kier molecular flexibility index (Phi) is 3.08. The molecule has 0 aliphatic carbocycles. The van der Waals surface area contributed by atoms with Gasteiger partial charge in [0.25, 0.3) is 0 Å². The van der Waals surface area contributed by atoms with Gasteiger partial charge in [0, 0.05) is 30.7 Å². The number of piperidine rings is 3. The fourth-order valence-corrected chi connectivity index (χ4v) is 3.44. The zero-order valence-electron chi connectivity index (χ0n) is 10.8. The van der Waals surface area contributed by atoms with E-state index in [0.717, 1.165) is 38.1 Å². The highest BCUT2D eigenvalue weighted by Crippen LogP contribution is 2.23. The fourth-order valence-electron chi connectivity index (χ4n) is 3.44. The van der Waals surface area contributed by atoms with Gasteiger partial charge in [-0.15, -0.1) is 0 Å². The lowest BCUT2D eigenvalue weighted by atomic mass is 9.80. The molecule has 4 rings (SSSR count). The Morgan fingerprint density at radius 1 is 1.28 bits per heavy atom. The molecule has 1 aromatic rings. The van der Waals surface area contributed by atoms with Crippen molar-refractivity contribution in [2.75, 3.05) is 20.2 Å². The van der Waals surface area contributed by atoms with Crippen molar-refractivity contribution in [2.45, 2.75) is 25.3 Å². The Bertz CT molecular complexity index is 450. The van der Waals surface area contributed by atoms with E-state index >= 15 is 0 Å². The van der Waals surface area contributed by atoms with Gasteiger partial charge in [0.1, 0.15) is 5.75 Å². The normalized spacial score (nSPS) is 30.5. The van der Waals surface area contributed by atoms with E-state index in [0.29, 0.717) is 11.7 Å². The standard InChI is InChI=1S/C15H19NO2/c1-18-14-5-3-2-4-12(14)10-13-15(17)11-6-8-16(13)9-7-11/h2-5,11,13H,6-10H2,1H3/p+1/t13-/m0/s1. The van der Waals surface area contributed by atoms with Crippen LogP contribution in [-0.4, -0.2) is 32.0 Å². The molecule has 3 aliphatic heterocycles. The van der Waals surface area contributed by atoms with Crippen LogP contribution >= 0.6 is 0 Å². The van der Waals surface area contributed by atoms with Gasteiger partial charge in [-0.3, -0.25) is 4.79 Å². The number of hydrogen-bond acceptors (Lipinski definition) is 2. The quantitative estimate of drug-likeness (QED) is 0.841. The van der Waals surface area contributed by atoms with Crippen molar-refractivity contribution in [3.63, 3.8) is 0 Å². The number of nitrogens with one attached hydrogen (secondary N) is 1. The van der Waals surface area contributed by atoms with Crippen LogP contribution in [0.5, 0.6) is 5.75 Å². The molecule has 0 amide bonds. The highest BCUT2D eigenvalue weighted by atomic mass is 16.5. The fraction of sp³-hybridized carbons (Fsp3) is 0.533. The number of rotatable bonds is 3. The predicted molar refractivity (Wildman–Crippen MR) is 68.9 cm³/mol. The summed E-state index contributed by atoms with van der Waals surface area (Å²) < 4.78 is 5.38. The lowest BCUT2D eigenvalue weighted by Gasteiger charge is -2.41. The number of benzene rings is 1. The van der Waals surface area contributed by atoms with Gasteiger partial charge in [0.15, 0.2) is 11.8 Å². The summed E-state index contributed by atoms with van der Waals surface area (Å²) in [5, 5.41) is 0. The molecule has 18 heavy (non-hydrogen) atoms. The van der Waals surface area contributed by atoms with Crippen LogP contribution in [0.25, 0.3) is 0 Å². The maximum absolute atomic E-state index is 12.3. The highest BCUT2D eigenvalue weighted by Gasteiger charge is 2.44.